The third-order valence-electron chi connectivity index (χ3n) is 2.52. The van der Waals surface area contributed by atoms with Crippen molar-refractivity contribution in [3.05, 3.63) is 51.9 Å². The lowest BCUT2D eigenvalue weighted by Gasteiger charge is -2.05. The Kier molecular flexibility index (Phi) is 2.38. The van der Waals surface area contributed by atoms with E-state index in [1.807, 2.05) is 0 Å². The minimum absolute atomic E-state index is 0.206. The predicted molar refractivity (Wildman–Crippen MR) is 64.5 cm³/mol. The number of aromatic amines is 1. The second kappa shape index (κ2) is 3.92. The van der Waals surface area contributed by atoms with E-state index in [0.717, 1.165) is 0 Å². The SMILES string of the molecule is O=c1nc[nH]c2c1cnn2-c1ccc(F)cc1Cl. The van der Waals surface area contributed by atoms with Crippen LogP contribution in [0, 0.1) is 5.82 Å². The maximum absolute atomic E-state index is 13.0. The van der Waals surface area contributed by atoms with Gasteiger partial charge in [-0.15, -0.1) is 0 Å². The van der Waals surface area contributed by atoms with Crippen LogP contribution in [0.15, 0.2) is 35.5 Å². The molecule has 18 heavy (non-hydrogen) atoms. The second-order valence-corrected chi connectivity index (χ2v) is 4.03. The zero-order valence-electron chi connectivity index (χ0n) is 8.89. The highest BCUT2D eigenvalue weighted by atomic mass is 35.5. The molecule has 0 spiro atoms. The Labute approximate surface area is 105 Å². The van der Waals surface area contributed by atoms with Crippen molar-refractivity contribution in [3.8, 4) is 5.69 Å². The number of H-pyrrole nitrogens is 1. The molecule has 0 aliphatic rings. The van der Waals surface area contributed by atoms with Crippen molar-refractivity contribution in [2.45, 2.75) is 0 Å². The number of rotatable bonds is 1. The van der Waals surface area contributed by atoms with E-state index in [2.05, 4.69) is 15.1 Å². The number of hydrogen-bond donors (Lipinski definition) is 1. The number of hydrogen-bond acceptors (Lipinski definition) is 3. The molecule has 7 heteroatoms. The summed E-state index contributed by atoms with van der Waals surface area (Å²) >= 11 is 5.95. The molecule has 0 saturated carbocycles. The zero-order chi connectivity index (χ0) is 12.7. The van der Waals surface area contributed by atoms with Gasteiger partial charge < -0.3 is 4.98 Å². The first-order valence-electron chi connectivity index (χ1n) is 5.03. The van der Waals surface area contributed by atoms with Crippen LogP contribution in [0.1, 0.15) is 0 Å². The van der Waals surface area contributed by atoms with Gasteiger partial charge in [-0.3, -0.25) is 4.79 Å². The van der Waals surface area contributed by atoms with Gasteiger partial charge in [0.1, 0.15) is 16.9 Å². The Morgan fingerprint density at radius 2 is 2.22 bits per heavy atom. The Hall–Kier alpha value is -2.21. The van der Waals surface area contributed by atoms with Crippen LogP contribution in [0.5, 0.6) is 0 Å². The van der Waals surface area contributed by atoms with Crippen LogP contribution < -0.4 is 5.56 Å². The summed E-state index contributed by atoms with van der Waals surface area (Å²) in [5.74, 6) is -0.435. The van der Waals surface area contributed by atoms with E-state index in [0.29, 0.717) is 16.7 Å². The van der Waals surface area contributed by atoms with E-state index < -0.39 is 5.82 Å². The third kappa shape index (κ3) is 1.58. The molecule has 0 aliphatic carbocycles. The molecule has 1 aromatic carbocycles. The number of benzene rings is 1. The van der Waals surface area contributed by atoms with Gasteiger partial charge in [0, 0.05) is 0 Å². The van der Waals surface area contributed by atoms with Gasteiger partial charge in [0.2, 0.25) is 0 Å². The maximum atomic E-state index is 13.0. The molecule has 0 unspecified atom stereocenters. The molecule has 0 fully saturated rings. The number of aromatic nitrogens is 4. The molecule has 0 saturated heterocycles. The maximum Gasteiger partial charge on any atom is 0.283 e. The number of halogens is 2. The summed E-state index contributed by atoms with van der Waals surface area (Å²) in [4.78, 5) is 17.9. The molecule has 90 valence electrons. The summed E-state index contributed by atoms with van der Waals surface area (Å²) < 4.78 is 14.4. The van der Waals surface area contributed by atoms with Crippen LogP contribution in [0.2, 0.25) is 5.02 Å². The highest BCUT2D eigenvalue weighted by molar-refractivity contribution is 6.32. The molecule has 2 heterocycles. The summed E-state index contributed by atoms with van der Waals surface area (Å²) in [5.41, 5.74) is 0.562. The van der Waals surface area contributed by atoms with Gasteiger partial charge in [-0.05, 0) is 18.2 Å². The molecule has 2 aromatic heterocycles. The first-order valence-corrected chi connectivity index (χ1v) is 5.41. The Balaban J connectivity index is 2.32. The fraction of sp³-hybridized carbons (Fsp3) is 0. The molecular formula is C11H6ClFN4O. The lowest BCUT2D eigenvalue weighted by atomic mass is 10.3. The Morgan fingerprint density at radius 1 is 1.39 bits per heavy atom. The normalized spacial score (nSPS) is 11.0. The molecule has 0 atom stereocenters. The Morgan fingerprint density at radius 3 is 3.00 bits per heavy atom. The van der Waals surface area contributed by atoms with Crippen molar-refractivity contribution < 1.29 is 4.39 Å². The molecule has 0 bridgehead atoms. The predicted octanol–water partition coefficient (Wildman–Crippen LogP) is 1.90. The Bertz CT molecular complexity index is 795. The van der Waals surface area contributed by atoms with E-state index in [1.165, 1.54) is 35.4 Å². The average molecular weight is 265 g/mol. The molecule has 0 amide bonds. The highest BCUT2D eigenvalue weighted by Crippen LogP contribution is 2.22. The van der Waals surface area contributed by atoms with Gasteiger partial charge in [-0.25, -0.2) is 9.07 Å². The molecule has 0 radical (unpaired) electrons. The van der Waals surface area contributed by atoms with Crippen LogP contribution in [0.4, 0.5) is 4.39 Å². The minimum Gasteiger partial charge on any atom is -0.330 e. The summed E-state index contributed by atoms with van der Waals surface area (Å²) in [5, 5.41) is 4.61. The van der Waals surface area contributed by atoms with Crippen molar-refractivity contribution in [2.24, 2.45) is 0 Å². The standard InChI is InChI=1S/C11H6ClFN4O/c12-8-3-6(13)1-2-9(8)17-10-7(4-16-17)11(18)15-5-14-10/h1-5H,(H,14,15,18). The summed E-state index contributed by atoms with van der Waals surface area (Å²) in [6.07, 6.45) is 2.67. The molecule has 0 aliphatic heterocycles. The fourth-order valence-electron chi connectivity index (χ4n) is 1.70. The van der Waals surface area contributed by atoms with Crippen molar-refractivity contribution in [2.75, 3.05) is 0 Å². The van der Waals surface area contributed by atoms with E-state index in [4.69, 9.17) is 11.6 Å². The van der Waals surface area contributed by atoms with Crippen LogP contribution in [0.25, 0.3) is 16.7 Å². The van der Waals surface area contributed by atoms with Crippen molar-refractivity contribution in [1.82, 2.24) is 19.7 Å². The minimum atomic E-state index is -0.435. The smallest absolute Gasteiger partial charge is 0.283 e. The van der Waals surface area contributed by atoms with Crippen molar-refractivity contribution >= 4 is 22.6 Å². The monoisotopic (exact) mass is 264 g/mol. The van der Waals surface area contributed by atoms with Gasteiger partial charge in [0.05, 0.1) is 23.2 Å². The van der Waals surface area contributed by atoms with E-state index >= 15 is 0 Å². The van der Waals surface area contributed by atoms with Crippen molar-refractivity contribution in [3.63, 3.8) is 0 Å². The molecule has 3 aromatic rings. The largest absolute Gasteiger partial charge is 0.330 e. The van der Waals surface area contributed by atoms with E-state index in [9.17, 15) is 9.18 Å². The number of nitrogens with one attached hydrogen (secondary N) is 1. The van der Waals surface area contributed by atoms with Gasteiger partial charge >= 0.3 is 0 Å². The molecule has 1 N–H and O–H groups in total. The van der Waals surface area contributed by atoms with Gasteiger partial charge in [0.15, 0.2) is 0 Å². The van der Waals surface area contributed by atoms with Gasteiger partial charge in [-0.2, -0.15) is 10.1 Å². The average Bonchev–Trinajstić information content (AvgIpc) is 2.74. The van der Waals surface area contributed by atoms with Crippen LogP contribution >= 0.6 is 11.6 Å². The lowest BCUT2D eigenvalue weighted by molar-refractivity contribution is 0.627. The quantitative estimate of drug-likeness (QED) is 0.730. The lowest BCUT2D eigenvalue weighted by Crippen LogP contribution is -2.06. The third-order valence-corrected chi connectivity index (χ3v) is 2.82. The summed E-state index contributed by atoms with van der Waals surface area (Å²) in [7, 11) is 0. The van der Waals surface area contributed by atoms with Gasteiger partial charge in [0.25, 0.3) is 5.56 Å². The highest BCUT2D eigenvalue weighted by Gasteiger charge is 2.11. The second-order valence-electron chi connectivity index (χ2n) is 3.62. The van der Waals surface area contributed by atoms with Crippen LogP contribution in [-0.2, 0) is 0 Å². The summed E-state index contributed by atoms with van der Waals surface area (Å²) in [6, 6.07) is 3.95. The fourth-order valence-corrected chi connectivity index (χ4v) is 1.95. The molecule has 3 rings (SSSR count). The van der Waals surface area contributed by atoms with E-state index in [-0.39, 0.29) is 10.6 Å². The zero-order valence-corrected chi connectivity index (χ0v) is 9.65. The topological polar surface area (TPSA) is 63.6 Å². The van der Waals surface area contributed by atoms with Crippen molar-refractivity contribution in [1.29, 1.82) is 0 Å². The molecular weight excluding hydrogens is 259 g/mol. The number of fused-ring (bicyclic) bond motifs is 1. The first-order chi connectivity index (χ1) is 8.66. The molecule has 5 nitrogen and oxygen atoms in total. The van der Waals surface area contributed by atoms with Crippen LogP contribution in [0.3, 0.4) is 0 Å². The number of nitrogens with zero attached hydrogens (tertiary/aromatic N) is 3. The summed E-state index contributed by atoms with van der Waals surface area (Å²) in [6.45, 7) is 0. The van der Waals surface area contributed by atoms with Crippen LogP contribution in [-0.4, -0.2) is 19.7 Å². The van der Waals surface area contributed by atoms with Gasteiger partial charge in [-0.1, -0.05) is 11.6 Å². The van der Waals surface area contributed by atoms with E-state index in [1.54, 1.807) is 0 Å². The first kappa shape index (κ1) is 10.9.